The molecule has 0 aliphatic rings. The Hall–Kier alpha value is -5.23. The van der Waals surface area contributed by atoms with Crippen molar-refractivity contribution in [1.82, 2.24) is 25.3 Å². The van der Waals surface area contributed by atoms with Crippen molar-refractivity contribution in [2.45, 2.75) is 74.4 Å². The van der Waals surface area contributed by atoms with Crippen LogP contribution in [-0.2, 0) is 4.84 Å². The van der Waals surface area contributed by atoms with Gasteiger partial charge in [0, 0.05) is 63.8 Å². The predicted molar refractivity (Wildman–Crippen MR) is 207 cm³/mol. The van der Waals surface area contributed by atoms with Crippen LogP contribution in [0.5, 0.6) is 5.75 Å². The second kappa shape index (κ2) is 18.7. The molecule has 0 atom stereocenters. The number of aryl methyl sites for hydroxylation is 2. The summed E-state index contributed by atoms with van der Waals surface area (Å²) >= 11 is 0. The van der Waals surface area contributed by atoms with E-state index in [4.69, 9.17) is 10.9 Å². The minimum Gasteiger partial charge on any atom is -0.410 e. The van der Waals surface area contributed by atoms with Gasteiger partial charge in [0.25, 0.3) is 0 Å². The number of benzene rings is 2. The number of H-pyrrole nitrogens is 3. The summed E-state index contributed by atoms with van der Waals surface area (Å²) in [5.74, 6) is 0.512. The van der Waals surface area contributed by atoms with E-state index in [-0.39, 0.29) is 11.5 Å². The Bertz CT molecular complexity index is 2130. The number of amides is 1. The molecule has 4 heterocycles. The van der Waals surface area contributed by atoms with Gasteiger partial charge < -0.3 is 29.8 Å². The molecule has 51 heavy (non-hydrogen) atoms. The van der Waals surface area contributed by atoms with E-state index in [1.807, 2.05) is 78.1 Å². The molecule has 0 aliphatic carbocycles. The van der Waals surface area contributed by atoms with Gasteiger partial charge in [-0.05, 0) is 98.7 Å². The van der Waals surface area contributed by atoms with E-state index in [9.17, 15) is 14.0 Å². The standard InChI is InChI=1S/C16H17N3O2.C12H10N2O.C10H23N2O.CH3F/c1-9(2)18-16(20)21-11-4-5-12-13-6-7-17-10(3)15(13)19-14(12)8-11;1-7-12-10(4-5-13-7)9-3-2-8(15)6-11(9)14-12;1-6-12(7-2,8-3)13-9-11-10(4)5;1-2/h4-9,19H,1-3H3,(H,18,20);2-6,13-14H,1H3;9-10H,6-8H2,1-5H3;1H3/q;;+1;/i;;;1D. The Morgan fingerprint density at radius 3 is 2.18 bits per heavy atom. The normalized spacial score (nSPS) is 11.6. The molecule has 6 rings (SSSR count). The fourth-order valence-electron chi connectivity index (χ4n) is 5.51. The third-order valence-electron chi connectivity index (χ3n) is 8.39. The van der Waals surface area contributed by atoms with E-state index in [0.717, 1.165) is 74.6 Å². The lowest BCUT2D eigenvalue weighted by Crippen LogP contribution is -2.47. The maximum atomic E-state index is 11.6. The first-order chi connectivity index (χ1) is 24.8. The van der Waals surface area contributed by atoms with Crippen molar-refractivity contribution < 1.29 is 24.8 Å². The molecule has 0 fully saturated rings. The van der Waals surface area contributed by atoms with Gasteiger partial charge in [-0.1, -0.05) is 0 Å². The number of nitrogens with zero attached hydrogens (tertiary/aromatic N) is 3. The third kappa shape index (κ3) is 10.4. The van der Waals surface area contributed by atoms with Crippen molar-refractivity contribution in [3.63, 3.8) is 0 Å². The average molecular weight is 704 g/mol. The van der Waals surface area contributed by atoms with Gasteiger partial charge in [0.1, 0.15) is 25.4 Å². The second-order valence-corrected chi connectivity index (χ2v) is 12.5. The molecule has 4 N–H and O–H groups in total. The van der Waals surface area contributed by atoms with Crippen LogP contribution >= 0.6 is 0 Å². The zero-order valence-electron chi connectivity index (χ0n) is 32.2. The van der Waals surface area contributed by atoms with Crippen LogP contribution in [0.25, 0.3) is 43.6 Å². The molecule has 0 bridgehead atoms. The maximum Gasteiger partial charge on any atom is 0.412 e. The average Bonchev–Trinajstić information content (AvgIpc) is 3.67. The quantitative estimate of drug-likeness (QED) is 0.0544. The summed E-state index contributed by atoms with van der Waals surface area (Å²) in [6.45, 7) is 21.2. The molecular formula is C39H53FN7O4+. The molecule has 4 aromatic heterocycles. The third-order valence-corrected chi connectivity index (χ3v) is 8.39. The number of alkyl halides is 1. The zero-order chi connectivity index (χ0) is 38.4. The van der Waals surface area contributed by atoms with Crippen LogP contribution in [0, 0.1) is 13.8 Å². The van der Waals surface area contributed by atoms with Gasteiger partial charge >= 0.3 is 6.09 Å². The van der Waals surface area contributed by atoms with Gasteiger partial charge in [0.15, 0.2) is 5.43 Å². The summed E-state index contributed by atoms with van der Waals surface area (Å²) in [5, 5.41) is 7.16. The van der Waals surface area contributed by atoms with E-state index >= 15 is 0 Å². The van der Waals surface area contributed by atoms with Gasteiger partial charge in [0.2, 0.25) is 6.40 Å². The van der Waals surface area contributed by atoms with Gasteiger partial charge in [0.05, 0.1) is 36.3 Å². The number of hydrogen-bond donors (Lipinski definition) is 4. The van der Waals surface area contributed by atoms with Crippen molar-refractivity contribution in [2.75, 3.05) is 26.8 Å². The van der Waals surface area contributed by atoms with Crippen LogP contribution in [0.1, 0.15) is 61.2 Å². The Kier molecular flexibility index (Phi) is 14.1. The van der Waals surface area contributed by atoms with Crippen molar-refractivity contribution >= 4 is 56.1 Å². The summed E-state index contributed by atoms with van der Waals surface area (Å²) < 4.78 is 21.4. The highest BCUT2D eigenvalue weighted by molar-refractivity contribution is 6.08. The van der Waals surface area contributed by atoms with Gasteiger partial charge in [-0.3, -0.25) is 19.2 Å². The number of carbonyl (C=O) groups is 1. The van der Waals surface area contributed by atoms with Crippen molar-refractivity contribution in [1.29, 1.82) is 0 Å². The highest BCUT2D eigenvalue weighted by Crippen LogP contribution is 2.29. The molecule has 0 radical (unpaired) electrons. The lowest BCUT2D eigenvalue weighted by atomic mass is 10.1. The fraction of sp³-hybridized carbons (Fsp3) is 0.385. The largest absolute Gasteiger partial charge is 0.412 e. The molecule has 2 aromatic carbocycles. The molecule has 274 valence electrons. The summed E-state index contributed by atoms with van der Waals surface area (Å²) in [7, 11) is -1.00. The van der Waals surface area contributed by atoms with Crippen molar-refractivity contribution in [3.05, 3.63) is 82.5 Å². The molecule has 0 spiro atoms. The van der Waals surface area contributed by atoms with Crippen LogP contribution in [0.4, 0.5) is 9.18 Å². The Balaban J connectivity index is 0.000000209. The number of aromatic amines is 3. The van der Waals surface area contributed by atoms with Crippen LogP contribution in [-0.4, -0.2) is 75.9 Å². The predicted octanol–water partition coefficient (Wildman–Crippen LogP) is 8.66. The fourth-order valence-corrected chi connectivity index (χ4v) is 5.51. The van der Waals surface area contributed by atoms with Gasteiger partial charge in [-0.2, -0.15) is 0 Å². The van der Waals surface area contributed by atoms with E-state index in [1.165, 1.54) is 0 Å². The minimum atomic E-state index is -1.00. The minimum absolute atomic E-state index is 0.0377. The number of hydrogen-bond acceptors (Lipinski definition) is 6. The Labute approximate surface area is 300 Å². The lowest BCUT2D eigenvalue weighted by molar-refractivity contribution is -1.08. The van der Waals surface area contributed by atoms with E-state index in [0.29, 0.717) is 16.4 Å². The van der Waals surface area contributed by atoms with Crippen LogP contribution in [0.15, 0.2) is 70.7 Å². The number of rotatable bonds is 8. The van der Waals surface area contributed by atoms with Gasteiger partial charge in [-0.25, -0.2) is 4.79 Å². The monoisotopic (exact) mass is 703 g/mol. The maximum absolute atomic E-state index is 11.6. The van der Waals surface area contributed by atoms with Gasteiger partial charge in [-0.15, -0.1) is 4.65 Å². The molecule has 0 unspecified atom stereocenters. The van der Waals surface area contributed by atoms with Crippen LogP contribution in [0.2, 0.25) is 0 Å². The number of hydroxylamine groups is 3. The Morgan fingerprint density at radius 1 is 0.941 bits per heavy atom. The zero-order valence-corrected chi connectivity index (χ0v) is 31.2. The Morgan fingerprint density at radius 2 is 1.55 bits per heavy atom. The van der Waals surface area contributed by atoms with Crippen LogP contribution in [0.3, 0.4) is 0 Å². The number of fused-ring (bicyclic) bond motifs is 6. The van der Waals surface area contributed by atoms with E-state index in [1.54, 1.807) is 30.8 Å². The first kappa shape index (κ1) is 38.6. The smallest absolute Gasteiger partial charge is 0.410 e. The van der Waals surface area contributed by atoms with Crippen molar-refractivity contribution in [2.24, 2.45) is 4.99 Å². The number of aliphatic imine (C=N–C) groups is 1. The molecule has 0 saturated heterocycles. The topological polar surface area (TPSA) is 137 Å². The number of halogens is 1. The molecule has 12 heteroatoms. The number of ether oxygens (including phenoxy) is 1. The molecule has 11 nitrogen and oxygen atoms in total. The number of quaternary nitrogens is 1. The molecule has 1 amide bonds. The number of nitrogens with one attached hydrogen (secondary N) is 4. The molecular weight excluding hydrogens is 649 g/mol. The number of aromatic nitrogens is 4. The molecule has 0 saturated carbocycles. The molecule has 0 aliphatic heterocycles. The first-order valence-corrected chi connectivity index (χ1v) is 17.2. The summed E-state index contributed by atoms with van der Waals surface area (Å²) in [4.78, 5) is 46.7. The highest BCUT2D eigenvalue weighted by Gasteiger charge is 2.22. The highest BCUT2D eigenvalue weighted by atomic mass is 19.1. The van der Waals surface area contributed by atoms with Crippen molar-refractivity contribution in [3.8, 4) is 5.75 Å². The van der Waals surface area contributed by atoms with Crippen LogP contribution < -0.4 is 15.5 Å². The summed E-state index contributed by atoms with van der Waals surface area (Å²) in [5.41, 5.74) is 5.97. The second-order valence-electron chi connectivity index (χ2n) is 12.5. The number of pyridine rings is 2. The molecule has 6 aromatic rings. The number of carbonyl (C=O) groups excluding carboxylic acids is 1. The summed E-state index contributed by atoms with van der Waals surface area (Å²) in [6.07, 6.45) is 4.86. The summed E-state index contributed by atoms with van der Waals surface area (Å²) in [6, 6.07) is 15.0. The van der Waals surface area contributed by atoms with E-state index < -0.39 is 13.2 Å². The SMILES string of the molecule is CC[N+](CC)(CC)OC=NC(C)C.Cc1[nH]ccc2c1[nH]c1cc(=O)ccc12.Cc1nccc2c1[nH]c1cc(OC(=O)NC(C)C)ccc12.[2H]CF. The lowest BCUT2D eigenvalue weighted by Gasteiger charge is -2.30. The van der Waals surface area contributed by atoms with E-state index in [2.05, 4.69) is 51.0 Å². The first-order valence-electron chi connectivity index (χ1n) is 17.9.